The van der Waals surface area contributed by atoms with Gasteiger partial charge in [-0.2, -0.15) is 0 Å². The van der Waals surface area contributed by atoms with E-state index in [0.717, 1.165) is 31.2 Å². The Labute approximate surface area is 88.1 Å². The van der Waals surface area contributed by atoms with Crippen molar-refractivity contribution in [1.29, 1.82) is 0 Å². The van der Waals surface area contributed by atoms with Crippen molar-refractivity contribution in [1.82, 2.24) is 5.32 Å². The van der Waals surface area contributed by atoms with Gasteiger partial charge in [0.15, 0.2) is 0 Å². The third kappa shape index (κ3) is 2.71. The lowest BCUT2D eigenvalue weighted by Gasteiger charge is -2.49. The van der Waals surface area contributed by atoms with Crippen LogP contribution in [-0.2, 0) is 0 Å². The highest BCUT2D eigenvalue weighted by Crippen LogP contribution is 2.41. The highest BCUT2D eigenvalue weighted by atomic mass is 16.3. The monoisotopic (exact) mass is 199 g/mol. The van der Waals surface area contributed by atoms with E-state index in [9.17, 15) is 5.11 Å². The van der Waals surface area contributed by atoms with Crippen molar-refractivity contribution in [2.24, 2.45) is 17.8 Å². The summed E-state index contributed by atoms with van der Waals surface area (Å²) in [6.07, 6.45) is 2.29. The number of hydrogen-bond acceptors (Lipinski definition) is 2. The van der Waals surface area contributed by atoms with Gasteiger partial charge in [-0.25, -0.2) is 0 Å². The molecule has 0 heterocycles. The standard InChI is InChI=1S/C12H25NO/c1-9(2)7-13-12(8-14)5-11(6-12)10(3)4/h9-11,13-14H,5-8H2,1-4H3. The van der Waals surface area contributed by atoms with Crippen molar-refractivity contribution < 1.29 is 5.11 Å². The first kappa shape index (κ1) is 12.0. The molecule has 2 N–H and O–H groups in total. The van der Waals surface area contributed by atoms with Crippen LogP contribution in [-0.4, -0.2) is 23.8 Å². The van der Waals surface area contributed by atoms with Crippen LogP contribution < -0.4 is 5.32 Å². The molecule has 1 aliphatic carbocycles. The molecule has 1 aliphatic rings. The molecule has 0 aromatic rings. The first-order valence-electron chi connectivity index (χ1n) is 5.85. The Balaban J connectivity index is 2.33. The zero-order valence-corrected chi connectivity index (χ0v) is 10.0. The minimum atomic E-state index is 0.0548. The van der Waals surface area contributed by atoms with Gasteiger partial charge in [0.1, 0.15) is 0 Å². The SMILES string of the molecule is CC(C)CNC1(CO)CC(C(C)C)C1. The van der Waals surface area contributed by atoms with Crippen LogP contribution in [0.4, 0.5) is 0 Å². The molecule has 0 atom stereocenters. The second kappa shape index (κ2) is 4.63. The molecule has 0 aromatic carbocycles. The van der Waals surface area contributed by atoms with Crippen LogP contribution in [0.1, 0.15) is 40.5 Å². The van der Waals surface area contributed by atoms with Crippen LogP contribution in [0.3, 0.4) is 0 Å². The molecular weight excluding hydrogens is 174 g/mol. The van der Waals surface area contributed by atoms with Crippen LogP contribution in [0, 0.1) is 17.8 Å². The summed E-state index contributed by atoms with van der Waals surface area (Å²) in [5, 5.41) is 12.9. The van der Waals surface area contributed by atoms with Crippen LogP contribution in [0.15, 0.2) is 0 Å². The van der Waals surface area contributed by atoms with E-state index in [2.05, 4.69) is 33.0 Å². The molecule has 1 rings (SSSR count). The first-order chi connectivity index (χ1) is 6.49. The van der Waals surface area contributed by atoms with E-state index in [1.165, 1.54) is 0 Å². The second-order valence-electron chi connectivity index (χ2n) is 5.63. The van der Waals surface area contributed by atoms with Crippen molar-refractivity contribution >= 4 is 0 Å². The minimum absolute atomic E-state index is 0.0548. The van der Waals surface area contributed by atoms with Gasteiger partial charge in [-0.15, -0.1) is 0 Å². The summed E-state index contributed by atoms with van der Waals surface area (Å²) in [4.78, 5) is 0. The zero-order chi connectivity index (χ0) is 10.8. The van der Waals surface area contributed by atoms with Gasteiger partial charge in [-0.05, 0) is 37.1 Å². The Hall–Kier alpha value is -0.0800. The Morgan fingerprint density at radius 3 is 2.21 bits per heavy atom. The van der Waals surface area contributed by atoms with Crippen LogP contribution in [0.2, 0.25) is 0 Å². The van der Waals surface area contributed by atoms with E-state index in [1.54, 1.807) is 0 Å². The summed E-state index contributed by atoms with van der Waals surface area (Å²) in [5.41, 5.74) is 0.0548. The zero-order valence-electron chi connectivity index (χ0n) is 10.0. The fourth-order valence-corrected chi connectivity index (χ4v) is 2.17. The lowest BCUT2D eigenvalue weighted by Crippen LogP contribution is -2.59. The highest BCUT2D eigenvalue weighted by Gasteiger charge is 2.44. The maximum atomic E-state index is 9.39. The Kier molecular flexibility index (Phi) is 3.96. The lowest BCUT2D eigenvalue weighted by atomic mass is 9.64. The average Bonchev–Trinajstić information content (AvgIpc) is 2.02. The summed E-state index contributed by atoms with van der Waals surface area (Å²) < 4.78 is 0. The number of aliphatic hydroxyl groups is 1. The number of aliphatic hydroxyl groups excluding tert-OH is 1. The molecular formula is C12H25NO. The van der Waals surface area contributed by atoms with Gasteiger partial charge < -0.3 is 10.4 Å². The largest absolute Gasteiger partial charge is 0.394 e. The molecule has 0 aromatic heterocycles. The fraction of sp³-hybridized carbons (Fsp3) is 1.00. The van der Waals surface area contributed by atoms with E-state index in [0.29, 0.717) is 12.5 Å². The van der Waals surface area contributed by atoms with E-state index < -0.39 is 0 Å². The molecule has 0 amide bonds. The van der Waals surface area contributed by atoms with Crippen molar-refractivity contribution in [3.05, 3.63) is 0 Å². The topological polar surface area (TPSA) is 32.3 Å². The third-order valence-electron chi connectivity index (χ3n) is 3.44. The summed E-state index contributed by atoms with van der Waals surface area (Å²) in [6, 6.07) is 0. The van der Waals surface area contributed by atoms with Gasteiger partial charge in [0.25, 0.3) is 0 Å². The average molecular weight is 199 g/mol. The smallest absolute Gasteiger partial charge is 0.0613 e. The fourth-order valence-electron chi connectivity index (χ4n) is 2.17. The van der Waals surface area contributed by atoms with Gasteiger partial charge in [0.05, 0.1) is 6.61 Å². The van der Waals surface area contributed by atoms with E-state index in [1.807, 2.05) is 0 Å². The molecule has 1 fully saturated rings. The molecule has 0 radical (unpaired) electrons. The highest BCUT2D eigenvalue weighted by molar-refractivity contribution is 5.01. The quantitative estimate of drug-likeness (QED) is 0.710. The molecule has 1 saturated carbocycles. The van der Waals surface area contributed by atoms with Crippen molar-refractivity contribution in [3.63, 3.8) is 0 Å². The molecule has 2 heteroatoms. The summed E-state index contributed by atoms with van der Waals surface area (Å²) in [6.45, 7) is 10.3. The Bertz CT molecular complexity index is 166. The van der Waals surface area contributed by atoms with Crippen molar-refractivity contribution in [2.75, 3.05) is 13.2 Å². The predicted molar refractivity (Wildman–Crippen MR) is 60.2 cm³/mol. The number of rotatable bonds is 5. The second-order valence-corrected chi connectivity index (χ2v) is 5.63. The van der Waals surface area contributed by atoms with Crippen LogP contribution in [0.5, 0.6) is 0 Å². The summed E-state index contributed by atoms with van der Waals surface area (Å²) in [5.74, 6) is 2.23. The van der Waals surface area contributed by atoms with Gasteiger partial charge in [-0.1, -0.05) is 27.7 Å². The maximum absolute atomic E-state index is 9.39. The Morgan fingerprint density at radius 2 is 1.86 bits per heavy atom. The van der Waals surface area contributed by atoms with Crippen molar-refractivity contribution in [2.45, 2.75) is 46.1 Å². The lowest BCUT2D eigenvalue weighted by molar-refractivity contribution is 0.0170. The summed E-state index contributed by atoms with van der Waals surface area (Å²) in [7, 11) is 0. The maximum Gasteiger partial charge on any atom is 0.0613 e. The molecule has 0 saturated heterocycles. The van der Waals surface area contributed by atoms with Gasteiger partial charge in [0.2, 0.25) is 0 Å². The van der Waals surface area contributed by atoms with Crippen molar-refractivity contribution in [3.8, 4) is 0 Å². The van der Waals surface area contributed by atoms with E-state index in [-0.39, 0.29) is 5.54 Å². The first-order valence-corrected chi connectivity index (χ1v) is 5.85. The molecule has 2 nitrogen and oxygen atoms in total. The molecule has 84 valence electrons. The number of hydrogen-bond donors (Lipinski definition) is 2. The molecule has 0 bridgehead atoms. The van der Waals surface area contributed by atoms with Gasteiger partial charge >= 0.3 is 0 Å². The third-order valence-corrected chi connectivity index (χ3v) is 3.44. The Morgan fingerprint density at radius 1 is 1.29 bits per heavy atom. The molecule has 0 aliphatic heterocycles. The normalized spacial score (nSPS) is 32.4. The van der Waals surface area contributed by atoms with Crippen LogP contribution >= 0.6 is 0 Å². The van der Waals surface area contributed by atoms with E-state index in [4.69, 9.17) is 0 Å². The molecule has 0 unspecified atom stereocenters. The number of nitrogens with one attached hydrogen (secondary N) is 1. The minimum Gasteiger partial charge on any atom is -0.394 e. The van der Waals surface area contributed by atoms with Gasteiger partial charge in [0, 0.05) is 5.54 Å². The predicted octanol–water partition coefficient (Wildman–Crippen LogP) is 2.03. The molecule has 0 spiro atoms. The van der Waals surface area contributed by atoms with Gasteiger partial charge in [-0.3, -0.25) is 0 Å². The summed E-state index contributed by atoms with van der Waals surface area (Å²) >= 11 is 0. The van der Waals surface area contributed by atoms with Crippen LogP contribution in [0.25, 0.3) is 0 Å². The molecule has 14 heavy (non-hydrogen) atoms. The van der Waals surface area contributed by atoms with E-state index >= 15 is 0 Å².